The summed E-state index contributed by atoms with van der Waals surface area (Å²) in [7, 11) is 0. The standard InChI is InChI=1S/C25H24/c1-20-10-6-8-12-22(20)16-18-25(24-14-4-3-5-15-24)19-17-23-13-9-7-11-21(23)2/h3-19,25H,1-2H3/b18-16+,19-17+. The van der Waals surface area contributed by atoms with Gasteiger partial charge in [-0.25, -0.2) is 0 Å². The zero-order valence-electron chi connectivity index (χ0n) is 14.9. The highest BCUT2D eigenvalue weighted by Gasteiger charge is 2.04. The Bertz CT molecular complexity index is 814. The van der Waals surface area contributed by atoms with Crippen molar-refractivity contribution in [1.29, 1.82) is 0 Å². The predicted molar refractivity (Wildman–Crippen MR) is 110 cm³/mol. The molecule has 0 heteroatoms. The lowest BCUT2D eigenvalue weighted by Gasteiger charge is -2.10. The average Bonchev–Trinajstić information content (AvgIpc) is 2.65. The molecular weight excluding hydrogens is 300 g/mol. The van der Waals surface area contributed by atoms with Gasteiger partial charge in [-0.1, -0.05) is 103 Å². The largest absolute Gasteiger partial charge is 0.0726 e. The van der Waals surface area contributed by atoms with Gasteiger partial charge in [-0.3, -0.25) is 0 Å². The van der Waals surface area contributed by atoms with Crippen LogP contribution in [0.4, 0.5) is 0 Å². The summed E-state index contributed by atoms with van der Waals surface area (Å²) < 4.78 is 0. The van der Waals surface area contributed by atoms with Crippen molar-refractivity contribution in [2.45, 2.75) is 19.8 Å². The van der Waals surface area contributed by atoms with Gasteiger partial charge in [0.1, 0.15) is 0 Å². The molecule has 3 aromatic rings. The molecule has 0 atom stereocenters. The molecule has 0 nitrogen and oxygen atoms in total. The van der Waals surface area contributed by atoms with Gasteiger partial charge < -0.3 is 0 Å². The van der Waals surface area contributed by atoms with Crippen molar-refractivity contribution in [2.75, 3.05) is 0 Å². The van der Waals surface area contributed by atoms with E-state index >= 15 is 0 Å². The fraction of sp³-hybridized carbons (Fsp3) is 0.120. The minimum atomic E-state index is 0.250. The van der Waals surface area contributed by atoms with Crippen molar-refractivity contribution < 1.29 is 0 Å². The molecule has 124 valence electrons. The predicted octanol–water partition coefficient (Wildman–Crippen LogP) is 6.81. The average molecular weight is 324 g/mol. The maximum absolute atomic E-state index is 2.28. The van der Waals surface area contributed by atoms with Gasteiger partial charge in [0.15, 0.2) is 0 Å². The van der Waals surface area contributed by atoms with Gasteiger partial charge in [-0.15, -0.1) is 0 Å². The highest BCUT2D eigenvalue weighted by molar-refractivity contribution is 5.59. The number of rotatable bonds is 5. The van der Waals surface area contributed by atoms with Crippen LogP contribution < -0.4 is 0 Å². The molecule has 0 aliphatic rings. The maximum Gasteiger partial charge on any atom is 0.0205 e. The Morgan fingerprint density at radius 1 is 0.560 bits per heavy atom. The summed E-state index contributed by atoms with van der Waals surface area (Å²) in [6.07, 6.45) is 9.03. The van der Waals surface area contributed by atoms with Crippen molar-refractivity contribution >= 4 is 12.2 Å². The van der Waals surface area contributed by atoms with Gasteiger partial charge in [-0.2, -0.15) is 0 Å². The number of benzene rings is 3. The molecule has 0 aliphatic carbocycles. The van der Waals surface area contributed by atoms with E-state index in [9.17, 15) is 0 Å². The number of hydrogen-bond donors (Lipinski definition) is 0. The number of hydrogen-bond acceptors (Lipinski definition) is 0. The SMILES string of the molecule is Cc1ccccc1/C=C/C(/C=C/c1ccccc1C)c1ccccc1. The number of aryl methyl sites for hydroxylation is 2. The van der Waals surface area contributed by atoms with Crippen LogP contribution in [-0.4, -0.2) is 0 Å². The molecule has 3 aromatic carbocycles. The lowest BCUT2D eigenvalue weighted by molar-refractivity contribution is 1.09. The molecule has 25 heavy (non-hydrogen) atoms. The van der Waals surface area contributed by atoms with Gasteiger partial charge in [0.2, 0.25) is 0 Å². The first kappa shape index (κ1) is 17.0. The first-order valence-corrected chi connectivity index (χ1v) is 8.76. The monoisotopic (exact) mass is 324 g/mol. The quantitative estimate of drug-likeness (QED) is 0.483. The molecule has 0 unspecified atom stereocenters. The summed E-state index contributed by atoms with van der Waals surface area (Å²) in [5.41, 5.74) is 6.44. The van der Waals surface area contributed by atoms with Crippen molar-refractivity contribution in [2.24, 2.45) is 0 Å². The van der Waals surface area contributed by atoms with Crippen LogP contribution >= 0.6 is 0 Å². The van der Waals surface area contributed by atoms with Gasteiger partial charge in [0.05, 0.1) is 0 Å². The summed E-state index contributed by atoms with van der Waals surface area (Å²) in [4.78, 5) is 0. The molecule has 0 bridgehead atoms. The van der Waals surface area contributed by atoms with Crippen LogP contribution in [-0.2, 0) is 0 Å². The Labute approximate surface area is 151 Å². The van der Waals surface area contributed by atoms with Gasteiger partial charge in [0, 0.05) is 5.92 Å². The van der Waals surface area contributed by atoms with Crippen molar-refractivity contribution in [1.82, 2.24) is 0 Å². The molecular formula is C25H24. The van der Waals surface area contributed by atoms with Crippen LogP contribution in [0.2, 0.25) is 0 Å². The molecule has 0 saturated carbocycles. The second-order valence-electron chi connectivity index (χ2n) is 6.37. The van der Waals surface area contributed by atoms with Gasteiger partial charge >= 0.3 is 0 Å². The van der Waals surface area contributed by atoms with Crippen molar-refractivity contribution in [3.8, 4) is 0 Å². The highest BCUT2D eigenvalue weighted by atomic mass is 14.1. The Kier molecular flexibility index (Phi) is 5.64. The summed E-state index contributed by atoms with van der Waals surface area (Å²) in [6.45, 7) is 4.31. The Hall–Kier alpha value is -2.86. The first-order chi connectivity index (χ1) is 12.2. The second-order valence-corrected chi connectivity index (χ2v) is 6.37. The van der Waals surface area contributed by atoms with E-state index in [0.717, 1.165) is 0 Å². The van der Waals surface area contributed by atoms with E-state index in [2.05, 4.69) is 117 Å². The summed E-state index contributed by atoms with van der Waals surface area (Å²) in [5.74, 6) is 0.250. The molecule has 0 aromatic heterocycles. The third kappa shape index (κ3) is 4.58. The van der Waals surface area contributed by atoms with Crippen LogP contribution in [0.15, 0.2) is 91.0 Å². The van der Waals surface area contributed by atoms with E-state index in [1.807, 2.05) is 0 Å². The molecule has 0 spiro atoms. The molecule has 0 saturated heterocycles. The van der Waals surface area contributed by atoms with E-state index in [1.54, 1.807) is 0 Å². The van der Waals surface area contributed by atoms with Crippen LogP contribution in [0.3, 0.4) is 0 Å². The molecule has 0 aliphatic heterocycles. The highest BCUT2D eigenvalue weighted by Crippen LogP contribution is 2.23. The maximum atomic E-state index is 2.28. The van der Waals surface area contributed by atoms with Gasteiger partial charge in [0.25, 0.3) is 0 Å². The minimum absolute atomic E-state index is 0.250. The van der Waals surface area contributed by atoms with Gasteiger partial charge in [-0.05, 0) is 41.7 Å². The Morgan fingerprint density at radius 2 is 1.00 bits per heavy atom. The van der Waals surface area contributed by atoms with Crippen LogP contribution in [0, 0.1) is 13.8 Å². The topological polar surface area (TPSA) is 0 Å². The van der Waals surface area contributed by atoms with Crippen LogP contribution in [0.25, 0.3) is 12.2 Å². The Balaban J connectivity index is 1.91. The lowest BCUT2D eigenvalue weighted by Crippen LogP contribution is -1.91. The van der Waals surface area contributed by atoms with E-state index in [1.165, 1.54) is 27.8 Å². The van der Waals surface area contributed by atoms with E-state index in [0.29, 0.717) is 0 Å². The molecule has 0 N–H and O–H groups in total. The smallest absolute Gasteiger partial charge is 0.0205 e. The third-order valence-electron chi connectivity index (χ3n) is 4.53. The molecule has 0 radical (unpaired) electrons. The van der Waals surface area contributed by atoms with Crippen molar-refractivity contribution in [3.63, 3.8) is 0 Å². The molecule has 0 fully saturated rings. The Morgan fingerprint density at radius 3 is 1.48 bits per heavy atom. The lowest BCUT2D eigenvalue weighted by atomic mass is 9.95. The fourth-order valence-electron chi connectivity index (χ4n) is 2.92. The van der Waals surface area contributed by atoms with Crippen LogP contribution in [0.1, 0.15) is 33.7 Å². The minimum Gasteiger partial charge on any atom is -0.0726 e. The molecule has 3 rings (SSSR count). The zero-order valence-corrected chi connectivity index (χ0v) is 14.9. The second kappa shape index (κ2) is 8.30. The summed E-state index contributed by atoms with van der Waals surface area (Å²) in [5, 5.41) is 0. The van der Waals surface area contributed by atoms with Crippen molar-refractivity contribution in [3.05, 3.63) is 119 Å². The van der Waals surface area contributed by atoms with Crippen LogP contribution in [0.5, 0.6) is 0 Å². The summed E-state index contributed by atoms with van der Waals surface area (Å²) >= 11 is 0. The first-order valence-electron chi connectivity index (χ1n) is 8.76. The molecule has 0 amide bonds. The third-order valence-corrected chi connectivity index (χ3v) is 4.53. The van der Waals surface area contributed by atoms with E-state index < -0.39 is 0 Å². The zero-order chi connectivity index (χ0) is 17.5. The van der Waals surface area contributed by atoms with E-state index in [-0.39, 0.29) is 5.92 Å². The summed E-state index contributed by atoms with van der Waals surface area (Å²) in [6, 6.07) is 27.6. The molecule has 0 heterocycles. The fourth-order valence-corrected chi connectivity index (χ4v) is 2.92. The van der Waals surface area contributed by atoms with E-state index in [4.69, 9.17) is 0 Å². The number of allylic oxidation sites excluding steroid dienone is 2. The normalized spacial score (nSPS) is 11.6.